The third-order valence-electron chi connectivity index (χ3n) is 3.70. The van der Waals surface area contributed by atoms with Gasteiger partial charge in [-0.2, -0.15) is 5.10 Å². The third kappa shape index (κ3) is 4.03. The van der Waals surface area contributed by atoms with Crippen LogP contribution in [0.3, 0.4) is 0 Å². The minimum atomic E-state index is -0.531. The third-order valence-corrected chi connectivity index (χ3v) is 3.70. The number of aryl methyl sites for hydroxylation is 1. The Hall–Kier alpha value is -2.14. The molecule has 5 nitrogen and oxygen atoms in total. The average Bonchev–Trinajstić information content (AvgIpc) is 2.77. The lowest BCUT2D eigenvalue weighted by Gasteiger charge is -2.20. The van der Waals surface area contributed by atoms with Crippen molar-refractivity contribution in [2.75, 3.05) is 13.7 Å². The Bertz CT molecular complexity index is 727. The van der Waals surface area contributed by atoms with E-state index in [4.69, 9.17) is 9.47 Å². The van der Waals surface area contributed by atoms with Crippen LogP contribution < -0.4 is 0 Å². The van der Waals surface area contributed by atoms with Crippen molar-refractivity contribution in [2.24, 2.45) is 0 Å². The fourth-order valence-corrected chi connectivity index (χ4v) is 2.69. The molecule has 130 valence electrons. The number of aromatic nitrogens is 2. The first-order valence-corrected chi connectivity index (χ1v) is 8.10. The van der Waals surface area contributed by atoms with Crippen LogP contribution in [0.15, 0.2) is 24.3 Å². The number of esters is 1. The largest absolute Gasteiger partial charge is 0.456 e. The van der Waals surface area contributed by atoms with Crippen LogP contribution in [0.4, 0.5) is 0 Å². The van der Waals surface area contributed by atoms with Gasteiger partial charge in [0, 0.05) is 18.4 Å². The van der Waals surface area contributed by atoms with Gasteiger partial charge in [0.15, 0.2) is 0 Å². The maximum atomic E-state index is 12.6. The van der Waals surface area contributed by atoms with Crippen LogP contribution >= 0.6 is 0 Å². The standard InChI is InChI=1S/C19H26N2O3/c1-13-17(14(2)21(20-13)11-12-23-6)15-9-7-8-10-16(15)18(22)24-19(3,4)5/h7-10H,11-12H2,1-6H3. The van der Waals surface area contributed by atoms with Crippen LogP contribution in [0.25, 0.3) is 11.1 Å². The van der Waals surface area contributed by atoms with Crippen LogP contribution in [-0.4, -0.2) is 35.1 Å². The van der Waals surface area contributed by atoms with E-state index in [1.165, 1.54) is 0 Å². The molecule has 0 aliphatic rings. The molecule has 0 amide bonds. The molecule has 0 saturated carbocycles. The summed E-state index contributed by atoms with van der Waals surface area (Å²) < 4.78 is 12.6. The Morgan fingerprint density at radius 2 is 1.88 bits per heavy atom. The van der Waals surface area contributed by atoms with Gasteiger partial charge < -0.3 is 9.47 Å². The fourth-order valence-electron chi connectivity index (χ4n) is 2.69. The molecule has 0 bridgehead atoms. The van der Waals surface area contributed by atoms with E-state index in [0.29, 0.717) is 18.7 Å². The molecule has 1 aromatic carbocycles. The SMILES string of the molecule is COCCn1nc(C)c(-c2ccccc2C(=O)OC(C)(C)C)c1C. The second-order valence-electron chi connectivity index (χ2n) is 6.81. The molecule has 0 aliphatic heterocycles. The van der Waals surface area contributed by atoms with Crippen molar-refractivity contribution in [1.82, 2.24) is 9.78 Å². The minimum Gasteiger partial charge on any atom is -0.456 e. The van der Waals surface area contributed by atoms with E-state index in [9.17, 15) is 4.79 Å². The lowest BCUT2D eigenvalue weighted by molar-refractivity contribution is 0.00705. The van der Waals surface area contributed by atoms with E-state index in [1.807, 2.05) is 57.5 Å². The molecule has 0 aliphatic carbocycles. The average molecular weight is 330 g/mol. The maximum absolute atomic E-state index is 12.6. The fraction of sp³-hybridized carbons (Fsp3) is 0.474. The number of benzene rings is 1. The minimum absolute atomic E-state index is 0.318. The molecule has 0 saturated heterocycles. The van der Waals surface area contributed by atoms with E-state index in [-0.39, 0.29) is 5.97 Å². The number of methoxy groups -OCH3 is 1. The molecule has 0 atom stereocenters. The van der Waals surface area contributed by atoms with Crippen LogP contribution in [0.2, 0.25) is 0 Å². The van der Waals surface area contributed by atoms with E-state index in [1.54, 1.807) is 13.2 Å². The Kier molecular flexibility index (Phi) is 5.44. The van der Waals surface area contributed by atoms with Gasteiger partial charge >= 0.3 is 5.97 Å². The van der Waals surface area contributed by atoms with Gasteiger partial charge in [0.2, 0.25) is 0 Å². The molecule has 1 heterocycles. The predicted molar refractivity (Wildman–Crippen MR) is 94.2 cm³/mol. The summed E-state index contributed by atoms with van der Waals surface area (Å²) in [4.78, 5) is 12.6. The number of hydrogen-bond donors (Lipinski definition) is 0. The lowest BCUT2D eigenvalue weighted by Crippen LogP contribution is -2.24. The maximum Gasteiger partial charge on any atom is 0.339 e. The first kappa shape index (κ1) is 18.2. The summed E-state index contributed by atoms with van der Waals surface area (Å²) >= 11 is 0. The summed E-state index contributed by atoms with van der Waals surface area (Å²) in [6, 6.07) is 7.52. The van der Waals surface area contributed by atoms with Gasteiger partial charge in [-0.25, -0.2) is 4.79 Å². The quantitative estimate of drug-likeness (QED) is 0.783. The first-order chi connectivity index (χ1) is 11.2. The molecule has 1 aromatic heterocycles. The highest BCUT2D eigenvalue weighted by molar-refractivity contribution is 5.98. The second kappa shape index (κ2) is 7.18. The Morgan fingerprint density at radius 3 is 2.50 bits per heavy atom. The monoisotopic (exact) mass is 330 g/mol. The van der Waals surface area contributed by atoms with Crippen LogP contribution in [0, 0.1) is 13.8 Å². The van der Waals surface area contributed by atoms with Gasteiger partial charge in [0.1, 0.15) is 5.60 Å². The lowest BCUT2D eigenvalue weighted by atomic mass is 9.98. The van der Waals surface area contributed by atoms with Gasteiger partial charge in [-0.1, -0.05) is 18.2 Å². The molecule has 2 aromatic rings. The topological polar surface area (TPSA) is 53.4 Å². The number of carbonyl (C=O) groups excluding carboxylic acids is 1. The second-order valence-corrected chi connectivity index (χ2v) is 6.81. The molecular formula is C19H26N2O3. The number of hydrogen-bond acceptors (Lipinski definition) is 4. The normalized spacial score (nSPS) is 11.6. The van der Waals surface area contributed by atoms with Gasteiger partial charge in [0.05, 0.1) is 24.4 Å². The van der Waals surface area contributed by atoms with Crippen molar-refractivity contribution in [3.63, 3.8) is 0 Å². The number of nitrogens with zero attached hydrogens (tertiary/aromatic N) is 2. The van der Waals surface area contributed by atoms with Crippen molar-refractivity contribution < 1.29 is 14.3 Å². The number of rotatable bonds is 5. The van der Waals surface area contributed by atoms with E-state index in [2.05, 4.69) is 5.10 Å². The zero-order valence-corrected chi connectivity index (χ0v) is 15.3. The van der Waals surface area contributed by atoms with Crippen molar-refractivity contribution in [1.29, 1.82) is 0 Å². The van der Waals surface area contributed by atoms with Crippen LogP contribution in [0.5, 0.6) is 0 Å². The molecule has 0 N–H and O–H groups in total. The molecular weight excluding hydrogens is 304 g/mol. The van der Waals surface area contributed by atoms with Crippen LogP contribution in [0.1, 0.15) is 42.5 Å². The Labute approximate surface area is 143 Å². The Morgan fingerprint density at radius 1 is 1.21 bits per heavy atom. The summed E-state index contributed by atoms with van der Waals surface area (Å²) in [5, 5.41) is 4.58. The summed E-state index contributed by atoms with van der Waals surface area (Å²) in [7, 11) is 1.67. The summed E-state index contributed by atoms with van der Waals surface area (Å²) in [5.41, 5.74) is 3.76. The number of carbonyl (C=O) groups is 1. The van der Waals surface area contributed by atoms with Gasteiger partial charge in [-0.3, -0.25) is 4.68 Å². The molecule has 24 heavy (non-hydrogen) atoms. The highest BCUT2D eigenvalue weighted by Gasteiger charge is 2.23. The van der Waals surface area contributed by atoms with E-state index >= 15 is 0 Å². The zero-order chi connectivity index (χ0) is 17.9. The van der Waals surface area contributed by atoms with Crippen molar-refractivity contribution in [2.45, 2.75) is 46.8 Å². The summed E-state index contributed by atoms with van der Waals surface area (Å²) in [5.74, 6) is -0.318. The van der Waals surface area contributed by atoms with Gasteiger partial charge in [0.25, 0.3) is 0 Å². The highest BCUT2D eigenvalue weighted by atomic mass is 16.6. The van der Waals surface area contributed by atoms with Crippen molar-refractivity contribution in [3.8, 4) is 11.1 Å². The van der Waals surface area contributed by atoms with E-state index < -0.39 is 5.60 Å². The zero-order valence-electron chi connectivity index (χ0n) is 15.3. The molecule has 0 spiro atoms. The predicted octanol–water partition coefficient (Wildman–Crippen LogP) is 3.77. The van der Waals surface area contributed by atoms with Crippen molar-refractivity contribution in [3.05, 3.63) is 41.2 Å². The molecule has 2 rings (SSSR count). The molecule has 0 fully saturated rings. The van der Waals surface area contributed by atoms with Crippen LogP contribution in [-0.2, 0) is 16.0 Å². The Balaban J connectivity index is 2.47. The summed E-state index contributed by atoms with van der Waals surface area (Å²) in [6.07, 6.45) is 0. The van der Waals surface area contributed by atoms with Gasteiger partial charge in [-0.05, 0) is 46.2 Å². The highest BCUT2D eigenvalue weighted by Crippen LogP contribution is 2.31. The number of ether oxygens (including phenoxy) is 2. The van der Waals surface area contributed by atoms with E-state index in [0.717, 1.165) is 22.5 Å². The molecule has 5 heteroatoms. The van der Waals surface area contributed by atoms with Crippen molar-refractivity contribution >= 4 is 5.97 Å². The summed E-state index contributed by atoms with van der Waals surface area (Å²) in [6.45, 7) is 10.8. The van der Waals surface area contributed by atoms with Gasteiger partial charge in [-0.15, -0.1) is 0 Å². The smallest absolute Gasteiger partial charge is 0.339 e. The molecule has 0 radical (unpaired) electrons. The molecule has 0 unspecified atom stereocenters. The first-order valence-electron chi connectivity index (χ1n) is 8.10.